The van der Waals surface area contributed by atoms with Crippen LogP contribution in [0.5, 0.6) is 17.2 Å². The van der Waals surface area contributed by atoms with Crippen LogP contribution in [-0.4, -0.2) is 47.3 Å². The molecule has 0 aliphatic heterocycles. The number of amides is 1. The monoisotopic (exact) mass is 514 g/mol. The van der Waals surface area contributed by atoms with E-state index in [9.17, 15) is 9.59 Å². The van der Waals surface area contributed by atoms with Crippen LogP contribution in [0.15, 0.2) is 77.6 Å². The highest BCUT2D eigenvalue weighted by atomic mass is 16.5. The van der Waals surface area contributed by atoms with Gasteiger partial charge >= 0.3 is 0 Å². The van der Waals surface area contributed by atoms with Crippen molar-refractivity contribution < 1.29 is 19.0 Å². The van der Waals surface area contributed by atoms with Gasteiger partial charge < -0.3 is 24.1 Å². The number of H-pyrrole nitrogens is 1. The lowest BCUT2D eigenvalue weighted by Gasteiger charge is -2.17. The number of aromatic amines is 1. The summed E-state index contributed by atoms with van der Waals surface area (Å²) in [6.07, 6.45) is 0.356. The molecule has 1 heterocycles. The van der Waals surface area contributed by atoms with Crippen molar-refractivity contribution in [2.45, 2.75) is 26.0 Å². The highest BCUT2D eigenvalue weighted by Crippen LogP contribution is 2.32. The Morgan fingerprint density at radius 3 is 2.42 bits per heavy atom. The zero-order chi connectivity index (χ0) is 26.9. The highest BCUT2D eigenvalue weighted by molar-refractivity contribution is 5.76. The Kier molecular flexibility index (Phi) is 8.71. The number of nitrogens with one attached hydrogen (secondary N) is 1. The third-order valence-corrected chi connectivity index (χ3v) is 5.99. The minimum atomic E-state index is -0.383. The molecule has 1 N–H and O–H groups in total. The van der Waals surface area contributed by atoms with Crippen LogP contribution in [0.25, 0.3) is 11.4 Å². The second kappa shape index (κ2) is 12.5. The number of aromatic nitrogens is 3. The number of hydrogen-bond donors (Lipinski definition) is 1. The Labute approximate surface area is 221 Å². The van der Waals surface area contributed by atoms with Gasteiger partial charge in [0.1, 0.15) is 18.1 Å². The fourth-order valence-electron chi connectivity index (χ4n) is 3.87. The number of rotatable bonds is 11. The van der Waals surface area contributed by atoms with Gasteiger partial charge in [-0.15, -0.1) is 10.2 Å². The van der Waals surface area contributed by atoms with Crippen LogP contribution in [0, 0.1) is 0 Å². The summed E-state index contributed by atoms with van der Waals surface area (Å²) in [5.74, 6) is 2.01. The van der Waals surface area contributed by atoms with Gasteiger partial charge in [0.15, 0.2) is 17.3 Å². The van der Waals surface area contributed by atoms with E-state index >= 15 is 0 Å². The van der Waals surface area contributed by atoms with E-state index in [0.29, 0.717) is 36.0 Å². The van der Waals surface area contributed by atoms with Crippen LogP contribution in [0.2, 0.25) is 0 Å². The number of hydrogen-bond acceptors (Lipinski definition) is 7. The normalized spacial score (nSPS) is 10.6. The van der Waals surface area contributed by atoms with E-state index in [2.05, 4.69) is 15.2 Å². The summed E-state index contributed by atoms with van der Waals surface area (Å²) in [4.78, 5) is 29.6. The molecular formula is C29H30N4O5. The Bertz CT molecular complexity index is 1440. The summed E-state index contributed by atoms with van der Waals surface area (Å²) in [5, 5.41) is 8.27. The van der Waals surface area contributed by atoms with Crippen molar-refractivity contribution in [1.29, 1.82) is 0 Å². The van der Waals surface area contributed by atoms with E-state index < -0.39 is 0 Å². The second-order valence-electron chi connectivity index (χ2n) is 8.69. The van der Waals surface area contributed by atoms with Gasteiger partial charge in [0.2, 0.25) is 5.91 Å². The van der Waals surface area contributed by atoms with Gasteiger partial charge in [-0.05, 0) is 41.5 Å². The standard InChI is InChI=1S/C29H30N4O5/c1-33(18-20-8-5-4-6-9-20)27(34)15-13-24-29(35)30-28(32-31-24)22-12-14-25(26(17-22)37-3)38-19-21-10-7-11-23(16-21)36-2/h4-12,14,16-17H,13,15,18-19H2,1-3H3,(H,30,32,35). The summed E-state index contributed by atoms with van der Waals surface area (Å²) in [7, 11) is 4.90. The third kappa shape index (κ3) is 6.76. The maximum Gasteiger partial charge on any atom is 0.273 e. The van der Waals surface area contributed by atoms with E-state index in [1.807, 2.05) is 54.6 Å². The quantitative estimate of drug-likeness (QED) is 0.322. The van der Waals surface area contributed by atoms with Gasteiger partial charge in [-0.1, -0.05) is 42.5 Å². The minimum Gasteiger partial charge on any atom is -0.497 e. The molecule has 0 fully saturated rings. The number of nitrogens with zero attached hydrogens (tertiary/aromatic N) is 3. The van der Waals surface area contributed by atoms with E-state index in [0.717, 1.165) is 16.9 Å². The predicted octanol–water partition coefficient (Wildman–Crippen LogP) is 4.02. The summed E-state index contributed by atoms with van der Waals surface area (Å²) in [5.41, 5.74) is 2.43. The van der Waals surface area contributed by atoms with Gasteiger partial charge in [-0.3, -0.25) is 9.59 Å². The SMILES string of the molecule is COc1cccc(COc2ccc(-c3nnc(CCC(=O)N(C)Cc4ccccc4)c(=O)[nH]3)cc2OC)c1. The van der Waals surface area contributed by atoms with Crippen LogP contribution < -0.4 is 19.8 Å². The Morgan fingerprint density at radius 2 is 1.68 bits per heavy atom. The zero-order valence-corrected chi connectivity index (χ0v) is 21.6. The number of aryl methyl sites for hydroxylation is 1. The lowest BCUT2D eigenvalue weighted by molar-refractivity contribution is -0.130. The van der Waals surface area contributed by atoms with Crippen LogP contribution in [0.1, 0.15) is 23.2 Å². The third-order valence-electron chi connectivity index (χ3n) is 5.99. The fraction of sp³-hybridized carbons (Fsp3) is 0.241. The molecule has 196 valence electrons. The first kappa shape index (κ1) is 26.4. The minimum absolute atomic E-state index is 0.0756. The van der Waals surface area contributed by atoms with E-state index in [4.69, 9.17) is 14.2 Å². The van der Waals surface area contributed by atoms with Crippen molar-refractivity contribution in [3.05, 3.63) is 100.0 Å². The van der Waals surface area contributed by atoms with Crippen LogP contribution in [-0.2, 0) is 24.4 Å². The maximum absolute atomic E-state index is 12.7. The van der Waals surface area contributed by atoms with Gasteiger partial charge in [0, 0.05) is 32.0 Å². The number of benzene rings is 3. The van der Waals surface area contributed by atoms with E-state index in [1.54, 1.807) is 44.4 Å². The maximum atomic E-state index is 12.7. The van der Waals surface area contributed by atoms with Crippen molar-refractivity contribution in [3.8, 4) is 28.6 Å². The van der Waals surface area contributed by atoms with Crippen molar-refractivity contribution in [2.24, 2.45) is 0 Å². The summed E-state index contributed by atoms with van der Waals surface area (Å²) in [6, 6.07) is 22.6. The molecule has 0 unspecified atom stereocenters. The lowest BCUT2D eigenvalue weighted by Crippen LogP contribution is -2.27. The largest absolute Gasteiger partial charge is 0.497 e. The molecule has 1 amide bonds. The average Bonchev–Trinajstić information content (AvgIpc) is 2.95. The molecule has 0 radical (unpaired) electrons. The molecule has 0 saturated carbocycles. The molecule has 0 aliphatic carbocycles. The summed E-state index contributed by atoms with van der Waals surface area (Å²) >= 11 is 0. The van der Waals surface area contributed by atoms with Crippen molar-refractivity contribution >= 4 is 5.91 Å². The zero-order valence-electron chi connectivity index (χ0n) is 21.6. The van der Waals surface area contributed by atoms with Gasteiger partial charge in [0.05, 0.1) is 14.2 Å². The number of methoxy groups -OCH3 is 2. The molecule has 9 nitrogen and oxygen atoms in total. The first-order chi connectivity index (χ1) is 18.5. The second-order valence-corrected chi connectivity index (χ2v) is 8.69. The Morgan fingerprint density at radius 1 is 0.895 bits per heavy atom. The Hall–Kier alpha value is -4.66. The van der Waals surface area contributed by atoms with Gasteiger partial charge in [-0.25, -0.2) is 0 Å². The molecule has 0 atom stereocenters. The van der Waals surface area contributed by atoms with Gasteiger partial charge in [-0.2, -0.15) is 0 Å². The molecule has 0 saturated heterocycles. The smallest absolute Gasteiger partial charge is 0.273 e. The van der Waals surface area contributed by atoms with Crippen LogP contribution in [0.3, 0.4) is 0 Å². The molecule has 9 heteroatoms. The van der Waals surface area contributed by atoms with Gasteiger partial charge in [0.25, 0.3) is 5.56 Å². The van der Waals surface area contributed by atoms with Crippen LogP contribution >= 0.6 is 0 Å². The van der Waals surface area contributed by atoms with Crippen molar-refractivity contribution in [2.75, 3.05) is 21.3 Å². The topological polar surface area (TPSA) is 107 Å². The first-order valence-electron chi connectivity index (χ1n) is 12.1. The summed E-state index contributed by atoms with van der Waals surface area (Å²) < 4.78 is 16.7. The fourth-order valence-corrected chi connectivity index (χ4v) is 3.87. The predicted molar refractivity (Wildman–Crippen MR) is 143 cm³/mol. The number of carbonyl (C=O) groups is 1. The van der Waals surface area contributed by atoms with Crippen molar-refractivity contribution in [3.63, 3.8) is 0 Å². The van der Waals surface area contributed by atoms with Crippen LogP contribution in [0.4, 0.5) is 0 Å². The van der Waals surface area contributed by atoms with Crippen molar-refractivity contribution in [1.82, 2.24) is 20.1 Å². The molecule has 3 aromatic carbocycles. The number of ether oxygens (including phenoxy) is 3. The van der Waals surface area contributed by atoms with E-state index in [-0.39, 0.29) is 30.0 Å². The average molecular weight is 515 g/mol. The molecule has 0 spiro atoms. The molecular weight excluding hydrogens is 484 g/mol. The van der Waals surface area contributed by atoms with E-state index in [1.165, 1.54) is 0 Å². The molecule has 0 aliphatic rings. The molecule has 4 rings (SSSR count). The molecule has 1 aromatic heterocycles. The number of carbonyl (C=O) groups excluding carboxylic acids is 1. The first-order valence-corrected chi connectivity index (χ1v) is 12.1. The lowest BCUT2D eigenvalue weighted by atomic mass is 10.1. The highest BCUT2D eigenvalue weighted by Gasteiger charge is 2.14. The molecule has 4 aromatic rings. The molecule has 0 bridgehead atoms. The molecule has 38 heavy (non-hydrogen) atoms. The summed E-state index contributed by atoms with van der Waals surface area (Å²) in [6.45, 7) is 0.833. The Balaban J connectivity index is 1.39.